The van der Waals surface area contributed by atoms with E-state index in [9.17, 15) is 9.59 Å². The number of carbonyl (C=O) groups excluding carboxylic acids is 2. The molecule has 5 heteroatoms. The van der Waals surface area contributed by atoms with Crippen LogP contribution in [0.4, 0.5) is 5.69 Å². The number of ether oxygens (including phenoxy) is 1. The average Bonchev–Trinajstić information content (AvgIpc) is 2.45. The van der Waals surface area contributed by atoms with Gasteiger partial charge in [-0.15, -0.1) is 11.8 Å². The van der Waals surface area contributed by atoms with Crippen molar-refractivity contribution in [2.45, 2.75) is 38.9 Å². The summed E-state index contributed by atoms with van der Waals surface area (Å²) < 4.78 is 4.85. The summed E-state index contributed by atoms with van der Waals surface area (Å²) in [4.78, 5) is 23.5. The van der Waals surface area contributed by atoms with E-state index in [1.807, 2.05) is 24.3 Å². The number of hydrogen-bond donors (Lipinski definition) is 1. The lowest BCUT2D eigenvalue weighted by Crippen LogP contribution is -2.24. The van der Waals surface area contributed by atoms with Gasteiger partial charge in [0.1, 0.15) is 0 Å². The van der Waals surface area contributed by atoms with Crippen LogP contribution in [0.15, 0.2) is 24.3 Å². The van der Waals surface area contributed by atoms with Crippen molar-refractivity contribution in [3.05, 3.63) is 29.8 Å². The molecule has 0 saturated heterocycles. The van der Waals surface area contributed by atoms with Crippen molar-refractivity contribution in [3.8, 4) is 0 Å². The van der Waals surface area contributed by atoms with E-state index in [1.54, 1.807) is 13.8 Å². The standard InChI is InChI=1S/C16H23NO3S/c1-5-20-15(18)10-21-12(4)16(19)17-14-9-7-6-8-13(14)11(2)3/h6-9,11-12H,5,10H2,1-4H3,(H,17,19). The molecule has 1 amide bonds. The van der Waals surface area contributed by atoms with E-state index in [0.717, 1.165) is 11.3 Å². The minimum Gasteiger partial charge on any atom is -0.465 e. The molecule has 1 aromatic carbocycles. The summed E-state index contributed by atoms with van der Waals surface area (Å²) in [6.45, 7) is 8.09. The van der Waals surface area contributed by atoms with Crippen molar-refractivity contribution < 1.29 is 14.3 Å². The maximum atomic E-state index is 12.2. The normalized spacial score (nSPS) is 12.0. The zero-order valence-corrected chi connectivity index (χ0v) is 13.8. The lowest BCUT2D eigenvalue weighted by molar-refractivity contribution is -0.139. The van der Waals surface area contributed by atoms with E-state index in [2.05, 4.69) is 19.2 Å². The number of rotatable bonds is 7. The number of anilines is 1. The van der Waals surface area contributed by atoms with E-state index in [4.69, 9.17) is 4.74 Å². The molecular formula is C16H23NO3S. The van der Waals surface area contributed by atoms with Gasteiger partial charge in [-0.05, 0) is 31.4 Å². The fourth-order valence-electron chi connectivity index (χ4n) is 1.82. The van der Waals surface area contributed by atoms with E-state index in [1.165, 1.54) is 11.8 Å². The highest BCUT2D eigenvalue weighted by atomic mass is 32.2. The molecule has 1 N–H and O–H groups in total. The van der Waals surface area contributed by atoms with Gasteiger partial charge in [-0.2, -0.15) is 0 Å². The number of thioether (sulfide) groups is 1. The summed E-state index contributed by atoms with van der Waals surface area (Å²) in [6, 6.07) is 7.77. The van der Waals surface area contributed by atoms with E-state index in [-0.39, 0.29) is 22.9 Å². The van der Waals surface area contributed by atoms with Crippen LogP contribution >= 0.6 is 11.8 Å². The maximum Gasteiger partial charge on any atom is 0.315 e. The molecule has 0 fully saturated rings. The molecule has 4 nitrogen and oxygen atoms in total. The molecule has 1 rings (SSSR count). The van der Waals surface area contributed by atoms with Crippen molar-refractivity contribution in [1.82, 2.24) is 0 Å². The highest BCUT2D eigenvalue weighted by molar-refractivity contribution is 8.01. The van der Waals surface area contributed by atoms with Crippen molar-refractivity contribution in [3.63, 3.8) is 0 Å². The van der Waals surface area contributed by atoms with Crippen molar-refractivity contribution in [1.29, 1.82) is 0 Å². The van der Waals surface area contributed by atoms with Crippen molar-refractivity contribution in [2.24, 2.45) is 0 Å². The molecule has 0 bridgehead atoms. The van der Waals surface area contributed by atoms with Gasteiger partial charge in [0.15, 0.2) is 0 Å². The zero-order valence-electron chi connectivity index (χ0n) is 13.0. The lowest BCUT2D eigenvalue weighted by atomic mass is 10.0. The van der Waals surface area contributed by atoms with Crippen molar-refractivity contribution in [2.75, 3.05) is 17.7 Å². The molecule has 0 aliphatic carbocycles. The molecule has 1 aromatic rings. The third-order valence-electron chi connectivity index (χ3n) is 2.97. The van der Waals surface area contributed by atoms with E-state index < -0.39 is 0 Å². The molecule has 1 unspecified atom stereocenters. The Morgan fingerprint density at radius 2 is 1.90 bits per heavy atom. The number of benzene rings is 1. The summed E-state index contributed by atoms with van der Waals surface area (Å²) in [6.07, 6.45) is 0. The molecule has 21 heavy (non-hydrogen) atoms. The number of nitrogens with one attached hydrogen (secondary N) is 1. The summed E-state index contributed by atoms with van der Waals surface area (Å²) >= 11 is 1.28. The van der Waals surface area contributed by atoms with Crippen LogP contribution in [0.2, 0.25) is 0 Å². The van der Waals surface area contributed by atoms with Gasteiger partial charge >= 0.3 is 5.97 Å². The predicted molar refractivity (Wildman–Crippen MR) is 87.7 cm³/mol. The summed E-state index contributed by atoms with van der Waals surface area (Å²) in [7, 11) is 0. The first-order valence-electron chi connectivity index (χ1n) is 7.12. The Morgan fingerprint density at radius 1 is 1.24 bits per heavy atom. The summed E-state index contributed by atoms with van der Waals surface area (Å²) in [5, 5.41) is 2.62. The third-order valence-corrected chi connectivity index (χ3v) is 4.08. The number of hydrogen-bond acceptors (Lipinski definition) is 4. The molecule has 0 aliphatic heterocycles. The van der Waals surface area contributed by atoms with Crippen LogP contribution in [0.25, 0.3) is 0 Å². The second kappa shape index (κ2) is 8.72. The van der Waals surface area contributed by atoms with Crippen molar-refractivity contribution >= 4 is 29.3 Å². The Morgan fingerprint density at radius 3 is 2.52 bits per heavy atom. The molecular weight excluding hydrogens is 286 g/mol. The predicted octanol–water partition coefficient (Wildman–Crippen LogP) is 3.43. The molecule has 0 radical (unpaired) electrons. The quantitative estimate of drug-likeness (QED) is 0.784. The Balaban J connectivity index is 2.58. The molecule has 0 aromatic heterocycles. The Labute approximate surface area is 130 Å². The topological polar surface area (TPSA) is 55.4 Å². The number of esters is 1. The van der Waals surface area contributed by atoms with Gasteiger partial charge < -0.3 is 10.1 Å². The van der Waals surface area contributed by atoms with Gasteiger partial charge in [0.05, 0.1) is 17.6 Å². The van der Waals surface area contributed by atoms with Gasteiger partial charge in [-0.1, -0.05) is 32.0 Å². The summed E-state index contributed by atoms with van der Waals surface area (Å²) in [5.41, 5.74) is 1.94. The molecule has 0 aliphatic rings. The Bertz CT molecular complexity index is 488. The number of amides is 1. The first kappa shape index (κ1) is 17.6. The van der Waals surface area contributed by atoms with E-state index in [0.29, 0.717) is 12.5 Å². The maximum absolute atomic E-state index is 12.2. The van der Waals surface area contributed by atoms with Crippen LogP contribution in [-0.2, 0) is 14.3 Å². The monoisotopic (exact) mass is 309 g/mol. The van der Waals surface area contributed by atoms with Gasteiger partial charge in [0, 0.05) is 5.69 Å². The highest BCUT2D eigenvalue weighted by Crippen LogP contribution is 2.24. The van der Waals surface area contributed by atoms with Gasteiger partial charge in [0.2, 0.25) is 5.91 Å². The SMILES string of the molecule is CCOC(=O)CSC(C)C(=O)Nc1ccccc1C(C)C. The number of carbonyl (C=O) groups is 2. The molecule has 1 atom stereocenters. The van der Waals surface area contributed by atoms with Gasteiger partial charge in [-0.25, -0.2) is 0 Å². The lowest BCUT2D eigenvalue weighted by Gasteiger charge is -2.16. The smallest absolute Gasteiger partial charge is 0.315 e. The Kier molecular flexibility index (Phi) is 7.29. The fraction of sp³-hybridized carbons (Fsp3) is 0.500. The van der Waals surface area contributed by atoms with Crippen LogP contribution in [0, 0.1) is 0 Å². The average molecular weight is 309 g/mol. The fourth-order valence-corrected chi connectivity index (χ4v) is 2.50. The van der Waals surface area contributed by atoms with Crippen LogP contribution in [0.3, 0.4) is 0 Å². The van der Waals surface area contributed by atoms with Gasteiger partial charge in [0.25, 0.3) is 0 Å². The number of para-hydroxylation sites is 1. The third kappa shape index (κ3) is 5.79. The Hall–Kier alpha value is -1.49. The first-order chi connectivity index (χ1) is 9.95. The largest absolute Gasteiger partial charge is 0.465 e. The minimum atomic E-state index is -0.311. The molecule has 0 heterocycles. The van der Waals surface area contributed by atoms with Crippen LogP contribution in [0.5, 0.6) is 0 Å². The minimum absolute atomic E-state index is 0.0996. The second-order valence-corrected chi connectivity index (χ2v) is 6.32. The molecule has 116 valence electrons. The van der Waals surface area contributed by atoms with Crippen LogP contribution in [-0.4, -0.2) is 29.5 Å². The molecule has 0 spiro atoms. The van der Waals surface area contributed by atoms with Gasteiger partial charge in [-0.3, -0.25) is 9.59 Å². The van der Waals surface area contributed by atoms with Crippen LogP contribution < -0.4 is 5.32 Å². The van der Waals surface area contributed by atoms with Crippen LogP contribution in [0.1, 0.15) is 39.2 Å². The summed E-state index contributed by atoms with van der Waals surface area (Å²) in [5.74, 6) is 0.139. The molecule has 0 saturated carbocycles. The first-order valence-corrected chi connectivity index (χ1v) is 8.17. The van der Waals surface area contributed by atoms with E-state index >= 15 is 0 Å². The second-order valence-electron chi connectivity index (χ2n) is 4.99. The zero-order chi connectivity index (χ0) is 15.8. The highest BCUT2D eigenvalue weighted by Gasteiger charge is 2.17.